The van der Waals surface area contributed by atoms with Crippen molar-refractivity contribution in [3.8, 4) is 22.8 Å². The summed E-state index contributed by atoms with van der Waals surface area (Å²) in [5.41, 5.74) is 7.46. The number of amides is 1. The lowest BCUT2D eigenvalue weighted by Crippen LogP contribution is -2.14. The van der Waals surface area contributed by atoms with Gasteiger partial charge in [-0.1, -0.05) is 71.5 Å². The first-order chi connectivity index (χ1) is 17.1. The van der Waals surface area contributed by atoms with E-state index in [1.54, 1.807) is 26.5 Å². The van der Waals surface area contributed by atoms with Gasteiger partial charge in [0.2, 0.25) is 11.0 Å². The van der Waals surface area contributed by atoms with Crippen LogP contribution in [0, 0.1) is 6.92 Å². The summed E-state index contributed by atoms with van der Waals surface area (Å²) in [7, 11) is 3.20. The molecule has 178 valence electrons. The highest BCUT2D eigenvalue weighted by molar-refractivity contribution is 7.20. The smallest absolute Gasteiger partial charge is 0.229 e. The fourth-order valence-corrected chi connectivity index (χ4v) is 4.25. The summed E-state index contributed by atoms with van der Waals surface area (Å²) in [4.78, 5) is 17.4. The van der Waals surface area contributed by atoms with E-state index in [4.69, 9.17) is 14.5 Å². The van der Waals surface area contributed by atoms with Crippen molar-refractivity contribution in [2.24, 2.45) is 5.10 Å². The fourth-order valence-electron chi connectivity index (χ4n) is 3.39. The Kier molecular flexibility index (Phi) is 7.74. The van der Waals surface area contributed by atoms with Crippen molar-refractivity contribution < 1.29 is 14.3 Å². The predicted molar refractivity (Wildman–Crippen MR) is 142 cm³/mol. The quantitative estimate of drug-likeness (QED) is 0.232. The van der Waals surface area contributed by atoms with E-state index in [1.807, 2.05) is 73.7 Å². The van der Waals surface area contributed by atoms with Gasteiger partial charge in [0.1, 0.15) is 22.2 Å². The van der Waals surface area contributed by atoms with E-state index in [0.717, 1.165) is 22.3 Å². The van der Waals surface area contributed by atoms with Gasteiger partial charge in [-0.25, -0.2) is 4.98 Å². The van der Waals surface area contributed by atoms with Crippen LogP contribution in [0.15, 0.2) is 77.9 Å². The number of thiazole rings is 1. The van der Waals surface area contributed by atoms with Crippen LogP contribution in [0.1, 0.15) is 16.7 Å². The highest BCUT2D eigenvalue weighted by atomic mass is 32.1. The molecular weight excluding hydrogens is 460 g/mol. The molecule has 0 unspecified atom stereocenters. The molecule has 0 bridgehead atoms. The third-order valence-corrected chi connectivity index (χ3v) is 6.09. The number of hydrogen-bond donors (Lipinski definition) is 2. The standard InChI is InChI=1S/C27H26N4O3S/c1-18-9-11-20(12-10-18)25-26(29-24(32)15-19-7-5-4-6-8-19)35-27(30-25)31-28-17-21-13-14-22(33-2)16-23(21)34-3/h4-14,16-17H,15H2,1-3H3,(H,29,32)(H,30,31)/b28-17+. The molecule has 0 aliphatic heterocycles. The number of hydrogen-bond acceptors (Lipinski definition) is 7. The SMILES string of the molecule is COc1ccc(/C=N/Nc2nc(-c3ccc(C)cc3)c(NC(=O)Cc3ccccc3)s2)c(OC)c1. The second-order valence-corrected chi connectivity index (χ2v) is 8.75. The second-order valence-electron chi connectivity index (χ2n) is 7.75. The van der Waals surface area contributed by atoms with Gasteiger partial charge in [-0.05, 0) is 24.6 Å². The van der Waals surface area contributed by atoms with Crippen molar-refractivity contribution in [3.63, 3.8) is 0 Å². The molecule has 35 heavy (non-hydrogen) atoms. The van der Waals surface area contributed by atoms with Crippen LogP contribution in [0.2, 0.25) is 0 Å². The first kappa shape index (κ1) is 24.0. The number of methoxy groups -OCH3 is 2. The van der Waals surface area contributed by atoms with E-state index in [1.165, 1.54) is 11.3 Å². The summed E-state index contributed by atoms with van der Waals surface area (Å²) >= 11 is 1.33. The molecule has 0 aliphatic carbocycles. The number of aryl methyl sites for hydroxylation is 1. The van der Waals surface area contributed by atoms with Gasteiger partial charge in [0, 0.05) is 17.2 Å². The number of nitrogens with zero attached hydrogens (tertiary/aromatic N) is 2. The maximum Gasteiger partial charge on any atom is 0.229 e. The van der Waals surface area contributed by atoms with Crippen molar-refractivity contribution in [2.75, 3.05) is 25.0 Å². The molecule has 1 heterocycles. The molecule has 4 aromatic rings. The highest BCUT2D eigenvalue weighted by Crippen LogP contribution is 2.36. The van der Waals surface area contributed by atoms with Gasteiger partial charge in [0.15, 0.2) is 0 Å². The van der Waals surface area contributed by atoms with Gasteiger partial charge < -0.3 is 14.8 Å². The maximum absolute atomic E-state index is 12.7. The molecule has 3 aromatic carbocycles. The summed E-state index contributed by atoms with van der Waals surface area (Å²) in [5.74, 6) is 1.24. The second kappa shape index (κ2) is 11.3. The van der Waals surface area contributed by atoms with Crippen LogP contribution in [0.3, 0.4) is 0 Å². The lowest BCUT2D eigenvalue weighted by atomic mass is 10.1. The molecule has 2 N–H and O–H groups in total. The molecule has 0 saturated carbocycles. The molecule has 0 fully saturated rings. The molecule has 0 spiro atoms. The topological polar surface area (TPSA) is 84.8 Å². The first-order valence-electron chi connectivity index (χ1n) is 11.0. The number of rotatable bonds is 9. The molecular formula is C27H26N4O3S. The van der Waals surface area contributed by atoms with Crippen molar-refractivity contribution in [2.45, 2.75) is 13.3 Å². The Morgan fingerprint density at radius 3 is 2.51 bits per heavy atom. The molecule has 7 nitrogen and oxygen atoms in total. The average molecular weight is 487 g/mol. The summed E-state index contributed by atoms with van der Waals surface area (Å²) in [6.45, 7) is 2.03. The van der Waals surface area contributed by atoms with Crippen LogP contribution in [0.5, 0.6) is 11.5 Å². The van der Waals surface area contributed by atoms with Crippen LogP contribution >= 0.6 is 11.3 Å². The third-order valence-electron chi connectivity index (χ3n) is 5.22. The van der Waals surface area contributed by atoms with Crippen molar-refractivity contribution in [3.05, 3.63) is 89.5 Å². The highest BCUT2D eigenvalue weighted by Gasteiger charge is 2.16. The minimum atomic E-state index is -0.105. The summed E-state index contributed by atoms with van der Waals surface area (Å²) < 4.78 is 10.7. The molecule has 0 atom stereocenters. The van der Waals surface area contributed by atoms with Crippen LogP contribution < -0.4 is 20.2 Å². The Morgan fingerprint density at radius 2 is 1.80 bits per heavy atom. The number of carbonyl (C=O) groups is 1. The number of aromatic nitrogens is 1. The van der Waals surface area contributed by atoms with Crippen molar-refractivity contribution >= 4 is 33.6 Å². The summed E-state index contributed by atoms with van der Waals surface area (Å²) in [6.07, 6.45) is 1.93. The molecule has 1 aromatic heterocycles. The third kappa shape index (κ3) is 6.24. The summed E-state index contributed by atoms with van der Waals surface area (Å²) in [6, 6.07) is 23.2. The number of carbonyl (C=O) groups excluding carboxylic acids is 1. The van der Waals surface area contributed by atoms with Gasteiger partial charge >= 0.3 is 0 Å². The molecule has 4 rings (SSSR count). The van der Waals surface area contributed by atoms with Crippen LogP contribution in [-0.4, -0.2) is 31.3 Å². The normalized spacial score (nSPS) is 10.8. The number of ether oxygens (including phenoxy) is 2. The largest absolute Gasteiger partial charge is 0.497 e. The van der Waals surface area contributed by atoms with E-state index in [0.29, 0.717) is 27.3 Å². The van der Waals surface area contributed by atoms with Crippen molar-refractivity contribution in [1.29, 1.82) is 0 Å². The summed E-state index contributed by atoms with van der Waals surface area (Å²) in [5, 5.41) is 8.56. The van der Waals surface area contributed by atoms with Gasteiger partial charge in [-0.15, -0.1) is 0 Å². The van der Waals surface area contributed by atoms with E-state index in [2.05, 4.69) is 15.8 Å². The van der Waals surface area contributed by atoms with Crippen LogP contribution in [0.25, 0.3) is 11.3 Å². The van der Waals surface area contributed by atoms with Crippen molar-refractivity contribution in [1.82, 2.24) is 4.98 Å². The van der Waals surface area contributed by atoms with Gasteiger partial charge in [-0.3, -0.25) is 10.2 Å². The Morgan fingerprint density at radius 1 is 1.03 bits per heavy atom. The van der Waals surface area contributed by atoms with E-state index in [9.17, 15) is 4.79 Å². The van der Waals surface area contributed by atoms with E-state index in [-0.39, 0.29) is 12.3 Å². The maximum atomic E-state index is 12.7. The number of hydrazone groups is 1. The lowest BCUT2D eigenvalue weighted by Gasteiger charge is -2.06. The number of benzene rings is 3. The Balaban J connectivity index is 1.55. The molecule has 8 heteroatoms. The molecule has 1 amide bonds. The molecule has 0 aliphatic rings. The number of anilines is 2. The Labute approximate surface area is 208 Å². The van der Waals surface area contributed by atoms with Gasteiger partial charge in [0.05, 0.1) is 26.9 Å². The predicted octanol–water partition coefficient (Wildman–Crippen LogP) is 5.76. The zero-order valence-corrected chi connectivity index (χ0v) is 20.6. The number of nitrogens with one attached hydrogen (secondary N) is 2. The van der Waals surface area contributed by atoms with E-state index >= 15 is 0 Å². The van der Waals surface area contributed by atoms with Gasteiger partial charge in [0.25, 0.3) is 0 Å². The monoisotopic (exact) mass is 486 g/mol. The first-order valence-corrected chi connectivity index (χ1v) is 11.8. The molecule has 0 radical (unpaired) electrons. The van der Waals surface area contributed by atoms with Crippen LogP contribution in [-0.2, 0) is 11.2 Å². The minimum Gasteiger partial charge on any atom is -0.497 e. The van der Waals surface area contributed by atoms with Crippen LogP contribution in [0.4, 0.5) is 10.1 Å². The van der Waals surface area contributed by atoms with Gasteiger partial charge in [-0.2, -0.15) is 5.10 Å². The fraction of sp³-hybridized carbons (Fsp3) is 0.148. The Bertz CT molecular complexity index is 1320. The minimum absolute atomic E-state index is 0.105. The average Bonchev–Trinajstić information content (AvgIpc) is 3.27. The zero-order valence-electron chi connectivity index (χ0n) is 19.7. The molecule has 0 saturated heterocycles. The lowest BCUT2D eigenvalue weighted by molar-refractivity contribution is -0.115. The van der Waals surface area contributed by atoms with E-state index < -0.39 is 0 Å². The zero-order chi connectivity index (χ0) is 24.6. The Hall–Kier alpha value is -4.17.